The molecule has 0 aliphatic carbocycles. The van der Waals surface area contributed by atoms with E-state index in [0.29, 0.717) is 11.1 Å². The van der Waals surface area contributed by atoms with Crippen LogP contribution in [0.15, 0.2) is 12.4 Å². The van der Waals surface area contributed by atoms with E-state index in [-0.39, 0.29) is 14.6 Å². The standard InChI is InChI=1S/C7H6Br2F3NO2S/c8-1-5-3-13(4-6(5)2-9)16(14,15)7(10,11)12/h3-4H,1-2H2. The maximum Gasteiger partial charge on any atom is 0.517 e. The van der Waals surface area contributed by atoms with Crippen molar-refractivity contribution in [1.29, 1.82) is 0 Å². The topological polar surface area (TPSA) is 39.1 Å². The molecule has 1 heterocycles. The van der Waals surface area contributed by atoms with Crippen molar-refractivity contribution in [3.8, 4) is 0 Å². The second-order valence-corrected chi connectivity index (χ2v) is 5.81. The van der Waals surface area contributed by atoms with Crippen LogP contribution in [0.2, 0.25) is 0 Å². The summed E-state index contributed by atoms with van der Waals surface area (Å²) in [6.07, 6.45) is 1.91. The normalized spacial score (nSPS) is 13.1. The average molecular weight is 385 g/mol. The number of alkyl halides is 5. The van der Waals surface area contributed by atoms with Gasteiger partial charge in [-0.1, -0.05) is 31.9 Å². The summed E-state index contributed by atoms with van der Waals surface area (Å²) in [7, 11) is -5.32. The molecule has 92 valence electrons. The molecule has 0 aliphatic heterocycles. The third-order valence-corrected chi connectivity index (χ3v) is 4.40. The van der Waals surface area contributed by atoms with Crippen LogP contribution in [0.25, 0.3) is 0 Å². The Morgan fingerprint density at radius 1 is 1.12 bits per heavy atom. The minimum absolute atomic E-state index is 0.195. The largest absolute Gasteiger partial charge is 0.517 e. The maximum atomic E-state index is 12.2. The van der Waals surface area contributed by atoms with Crippen LogP contribution >= 0.6 is 31.9 Å². The average Bonchev–Trinajstić information content (AvgIpc) is 2.59. The molecule has 0 saturated heterocycles. The van der Waals surface area contributed by atoms with Gasteiger partial charge in [-0.25, -0.2) is 3.97 Å². The summed E-state index contributed by atoms with van der Waals surface area (Å²) in [4.78, 5) is 0. The van der Waals surface area contributed by atoms with Crippen molar-refractivity contribution in [3.63, 3.8) is 0 Å². The van der Waals surface area contributed by atoms with Crippen LogP contribution in [0.5, 0.6) is 0 Å². The molecule has 0 bridgehead atoms. The van der Waals surface area contributed by atoms with Gasteiger partial charge in [-0.3, -0.25) is 0 Å². The molecule has 0 N–H and O–H groups in total. The molecule has 0 spiro atoms. The number of hydrogen-bond donors (Lipinski definition) is 0. The molecule has 16 heavy (non-hydrogen) atoms. The second kappa shape index (κ2) is 4.69. The highest BCUT2D eigenvalue weighted by molar-refractivity contribution is 9.09. The summed E-state index contributed by atoms with van der Waals surface area (Å²) in [5.41, 5.74) is -4.31. The third kappa shape index (κ3) is 2.45. The lowest BCUT2D eigenvalue weighted by molar-refractivity contribution is -0.0446. The van der Waals surface area contributed by atoms with Gasteiger partial charge in [0.15, 0.2) is 0 Å². The Bertz CT molecular complexity index is 459. The monoisotopic (exact) mass is 383 g/mol. The van der Waals surface area contributed by atoms with Crippen LogP contribution in [-0.2, 0) is 20.7 Å². The zero-order valence-corrected chi connectivity index (χ0v) is 11.6. The predicted molar refractivity (Wildman–Crippen MR) is 60.1 cm³/mol. The van der Waals surface area contributed by atoms with Gasteiger partial charge in [0, 0.05) is 23.1 Å². The SMILES string of the molecule is O=S(=O)(n1cc(CBr)c(CBr)c1)C(F)(F)F. The first-order valence-electron chi connectivity index (χ1n) is 3.87. The van der Waals surface area contributed by atoms with Gasteiger partial charge in [0.25, 0.3) is 0 Å². The number of aromatic nitrogens is 1. The number of hydrogen-bond acceptors (Lipinski definition) is 2. The molecule has 9 heteroatoms. The molecule has 1 aromatic heterocycles. The molecule has 0 fully saturated rings. The Labute approximate surface area is 107 Å². The molecule has 0 atom stereocenters. The van der Waals surface area contributed by atoms with Crippen molar-refractivity contribution in [2.75, 3.05) is 0 Å². The zero-order valence-electron chi connectivity index (χ0n) is 7.63. The van der Waals surface area contributed by atoms with Crippen molar-refractivity contribution >= 4 is 41.9 Å². The maximum absolute atomic E-state index is 12.2. The van der Waals surface area contributed by atoms with Gasteiger partial charge in [-0.15, -0.1) is 0 Å². The van der Waals surface area contributed by atoms with Crippen LogP contribution in [0.4, 0.5) is 13.2 Å². The summed E-state index contributed by atoms with van der Waals surface area (Å²) in [5.74, 6) is 0. The van der Waals surface area contributed by atoms with Crippen LogP contribution in [-0.4, -0.2) is 17.9 Å². The van der Waals surface area contributed by atoms with E-state index in [1.807, 2.05) is 0 Å². The summed E-state index contributed by atoms with van der Waals surface area (Å²) >= 11 is 6.14. The van der Waals surface area contributed by atoms with Crippen molar-refractivity contribution in [1.82, 2.24) is 3.97 Å². The van der Waals surface area contributed by atoms with E-state index in [1.165, 1.54) is 0 Å². The first-order chi connectivity index (χ1) is 7.24. The predicted octanol–water partition coefficient (Wildman–Crippen LogP) is 2.98. The molecular formula is C7H6Br2F3NO2S. The Morgan fingerprint density at radius 3 is 1.75 bits per heavy atom. The highest BCUT2D eigenvalue weighted by atomic mass is 79.9. The van der Waals surface area contributed by atoms with Crippen LogP contribution < -0.4 is 0 Å². The summed E-state index contributed by atoms with van der Waals surface area (Å²) in [6, 6.07) is 0. The fourth-order valence-electron chi connectivity index (χ4n) is 1.01. The van der Waals surface area contributed by atoms with E-state index in [1.54, 1.807) is 0 Å². The van der Waals surface area contributed by atoms with E-state index in [4.69, 9.17) is 0 Å². The first kappa shape index (κ1) is 14.0. The fraction of sp³-hybridized carbons (Fsp3) is 0.429. The third-order valence-electron chi connectivity index (χ3n) is 1.84. The molecule has 1 aromatic rings. The van der Waals surface area contributed by atoms with Gasteiger partial charge in [0.05, 0.1) is 0 Å². The summed E-state index contributed by atoms with van der Waals surface area (Å²) < 4.78 is 59.0. The molecule has 0 amide bonds. The molecule has 3 nitrogen and oxygen atoms in total. The minimum atomic E-state index is -5.32. The highest BCUT2D eigenvalue weighted by Gasteiger charge is 2.47. The fourth-order valence-corrected chi connectivity index (χ4v) is 2.79. The molecule has 0 aliphatic rings. The van der Waals surface area contributed by atoms with Crippen molar-refractivity contribution in [3.05, 3.63) is 23.5 Å². The lowest BCUT2D eigenvalue weighted by Crippen LogP contribution is -2.28. The van der Waals surface area contributed by atoms with Gasteiger partial charge in [-0.2, -0.15) is 21.6 Å². The Balaban J connectivity index is 3.31. The van der Waals surface area contributed by atoms with E-state index >= 15 is 0 Å². The quantitative estimate of drug-likeness (QED) is 0.751. The molecule has 0 aromatic carbocycles. The van der Waals surface area contributed by atoms with Gasteiger partial charge in [0.2, 0.25) is 0 Å². The van der Waals surface area contributed by atoms with Crippen LogP contribution in [0.3, 0.4) is 0 Å². The molecule has 0 saturated carbocycles. The van der Waals surface area contributed by atoms with Crippen LogP contribution in [0, 0.1) is 0 Å². The molecule has 1 rings (SSSR count). The minimum Gasteiger partial charge on any atom is -0.245 e. The van der Waals surface area contributed by atoms with Crippen molar-refractivity contribution in [2.45, 2.75) is 16.2 Å². The number of nitrogens with zero attached hydrogens (tertiary/aromatic N) is 1. The lowest BCUT2D eigenvalue weighted by Gasteiger charge is -2.08. The second-order valence-electron chi connectivity index (χ2n) is 2.86. The first-order valence-corrected chi connectivity index (χ1v) is 7.56. The van der Waals surface area contributed by atoms with E-state index in [0.717, 1.165) is 12.4 Å². The van der Waals surface area contributed by atoms with Crippen LogP contribution in [0.1, 0.15) is 11.1 Å². The summed E-state index contributed by atoms with van der Waals surface area (Å²) in [6.45, 7) is 0. The Kier molecular flexibility index (Phi) is 4.12. The Hall–Kier alpha value is -0.0200. The van der Waals surface area contributed by atoms with E-state index in [9.17, 15) is 21.6 Å². The number of rotatable bonds is 3. The van der Waals surface area contributed by atoms with E-state index in [2.05, 4.69) is 31.9 Å². The van der Waals surface area contributed by atoms with Gasteiger partial charge >= 0.3 is 15.5 Å². The van der Waals surface area contributed by atoms with Gasteiger partial charge in [-0.05, 0) is 11.1 Å². The molecule has 0 unspecified atom stereocenters. The Morgan fingerprint density at radius 2 is 1.50 bits per heavy atom. The summed E-state index contributed by atoms with van der Waals surface area (Å²) in [5, 5.41) is 0.572. The van der Waals surface area contributed by atoms with Gasteiger partial charge < -0.3 is 0 Å². The lowest BCUT2D eigenvalue weighted by atomic mass is 10.2. The van der Waals surface area contributed by atoms with E-state index < -0.39 is 15.5 Å². The number of halogens is 5. The molecule has 0 radical (unpaired) electrons. The van der Waals surface area contributed by atoms with Crippen molar-refractivity contribution in [2.24, 2.45) is 0 Å². The van der Waals surface area contributed by atoms with Crippen molar-refractivity contribution < 1.29 is 21.6 Å². The molecular weight excluding hydrogens is 379 g/mol. The smallest absolute Gasteiger partial charge is 0.245 e. The van der Waals surface area contributed by atoms with Gasteiger partial charge in [0.1, 0.15) is 0 Å². The zero-order chi connectivity index (χ0) is 12.6. The highest BCUT2D eigenvalue weighted by Crippen LogP contribution is 2.28.